The Morgan fingerprint density at radius 1 is 0.786 bits per heavy atom. The van der Waals surface area contributed by atoms with E-state index in [-0.39, 0.29) is 0 Å². The lowest BCUT2D eigenvalue weighted by Crippen LogP contribution is -1.97. The van der Waals surface area contributed by atoms with Crippen molar-refractivity contribution in [3.05, 3.63) is 27.9 Å². The monoisotopic (exact) mass is 188 g/mol. The standard InChI is InChI=1S/C12H16N2/c1-6-7(2)11-9(4)10(5)13-14-12(11)8(6)3/h13H,1-5H3. The number of aromatic nitrogens is 2. The summed E-state index contributed by atoms with van der Waals surface area (Å²) < 4.78 is 0. The molecule has 0 aromatic rings. The Hall–Kier alpha value is -1.31. The van der Waals surface area contributed by atoms with Crippen molar-refractivity contribution in [1.29, 1.82) is 0 Å². The summed E-state index contributed by atoms with van der Waals surface area (Å²) >= 11 is 0. The highest BCUT2D eigenvalue weighted by atomic mass is 15.1. The van der Waals surface area contributed by atoms with Gasteiger partial charge in [0.25, 0.3) is 0 Å². The van der Waals surface area contributed by atoms with Gasteiger partial charge in [-0.1, -0.05) is 0 Å². The zero-order valence-corrected chi connectivity index (χ0v) is 9.45. The van der Waals surface area contributed by atoms with Gasteiger partial charge in [0.05, 0.1) is 5.69 Å². The summed E-state index contributed by atoms with van der Waals surface area (Å²) in [6.45, 7) is 10.7. The number of aryl methyl sites for hydroxylation is 1. The highest BCUT2D eigenvalue weighted by Gasteiger charge is 2.19. The van der Waals surface area contributed by atoms with E-state index in [0.29, 0.717) is 0 Å². The number of rotatable bonds is 0. The van der Waals surface area contributed by atoms with E-state index in [1.54, 1.807) is 0 Å². The third-order valence-electron chi connectivity index (χ3n) is 3.36. The smallest absolute Gasteiger partial charge is 0.0943 e. The summed E-state index contributed by atoms with van der Waals surface area (Å²) in [6.07, 6.45) is 0. The third-order valence-corrected chi connectivity index (χ3v) is 3.36. The Morgan fingerprint density at radius 3 is 2.07 bits per heavy atom. The average Bonchev–Trinajstić information content (AvgIpc) is 2.38. The van der Waals surface area contributed by atoms with Gasteiger partial charge in [-0.05, 0) is 56.9 Å². The van der Waals surface area contributed by atoms with Gasteiger partial charge in [-0.3, -0.25) is 5.10 Å². The van der Waals surface area contributed by atoms with Crippen LogP contribution in [0, 0.1) is 34.6 Å². The summed E-state index contributed by atoms with van der Waals surface area (Å²) in [4.78, 5) is 0. The molecule has 0 unspecified atom stereocenters. The topological polar surface area (TPSA) is 28.7 Å². The molecule has 2 aliphatic rings. The van der Waals surface area contributed by atoms with Gasteiger partial charge in [-0.25, -0.2) is 0 Å². The molecule has 0 atom stereocenters. The zero-order valence-electron chi connectivity index (χ0n) is 9.45. The molecule has 0 saturated carbocycles. The molecule has 0 aromatic heterocycles. The molecule has 74 valence electrons. The van der Waals surface area contributed by atoms with E-state index in [4.69, 9.17) is 0 Å². The SMILES string of the molecule is Cc1[nH]nc2c(C)c(C)c(C)c-2c1C. The molecule has 2 heteroatoms. The molecule has 1 aliphatic carbocycles. The van der Waals surface area contributed by atoms with Crippen LogP contribution in [-0.2, 0) is 0 Å². The van der Waals surface area contributed by atoms with Crippen LogP contribution in [0.5, 0.6) is 0 Å². The molecule has 1 aliphatic heterocycles. The lowest BCUT2D eigenvalue weighted by atomic mass is 10.0. The number of hydrogen-bond donors (Lipinski definition) is 1. The molecular weight excluding hydrogens is 172 g/mol. The Kier molecular flexibility index (Phi) is 1.88. The van der Waals surface area contributed by atoms with Crippen LogP contribution in [-0.4, -0.2) is 10.2 Å². The Bertz CT molecular complexity index is 466. The number of hydrogen-bond acceptors (Lipinski definition) is 1. The van der Waals surface area contributed by atoms with Crippen molar-refractivity contribution in [2.24, 2.45) is 0 Å². The van der Waals surface area contributed by atoms with E-state index in [9.17, 15) is 0 Å². The molecule has 0 aromatic carbocycles. The highest BCUT2D eigenvalue weighted by molar-refractivity contribution is 5.77. The largest absolute Gasteiger partial charge is 0.282 e. The first-order valence-corrected chi connectivity index (χ1v) is 4.95. The van der Waals surface area contributed by atoms with Crippen LogP contribution in [0.4, 0.5) is 0 Å². The second kappa shape index (κ2) is 2.84. The molecule has 0 bridgehead atoms. The normalized spacial score (nSPS) is 11.2. The second-order valence-electron chi connectivity index (χ2n) is 4.07. The van der Waals surface area contributed by atoms with E-state index in [0.717, 1.165) is 11.4 Å². The van der Waals surface area contributed by atoms with Crippen molar-refractivity contribution in [2.45, 2.75) is 34.6 Å². The third kappa shape index (κ3) is 0.999. The number of H-pyrrole nitrogens is 1. The number of aromatic amines is 1. The number of nitrogens with zero attached hydrogens (tertiary/aromatic N) is 1. The number of fused-ring (bicyclic) bond motifs is 1. The Balaban J connectivity index is 2.93. The summed E-state index contributed by atoms with van der Waals surface area (Å²) in [5, 5.41) is 7.47. The van der Waals surface area contributed by atoms with Crippen molar-refractivity contribution in [2.75, 3.05) is 0 Å². The first-order valence-electron chi connectivity index (χ1n) is 4.95. The van der Waals surface area contributed by atoms with Gasteiger partial charge >= 0.3 is 0 Å². The summed E-state index contributed by atoms with van der Waals surface area (Å²) in [7, 11) is 0. The summed E-state index contributed by atoms with van der Waals surface area (Å²) in [5.74, 6) is 0. The minimum Gasteiger partial charge on any atom is -0.282 e. The van der Waals surface area contributed by atoms with Crippen molar-refractivity contribution in [3.63, 3.8) is 0 Å². The Morgan fingerprint density at radius 2 is 1.43 bits per heavy atom. The van der Waals surface area contributed by atoms with E-state index in [2.05, 4.69) is 44.8 Å². The molecule has 1 N–H and O–H groups in total. The summed E-state index contributed by atoms with van der Waals surface area (Å²) in [6, 6.07) is 0. The van der Waals surface area contributed by atoms with Gasteiger partial charge in [0.1, 0.15) is 0 Å². The Labute approximate surface area is 84.7 Å². The molecule has 14 heavy (non-hydrogen) atoms. The minimum atomic E-state index is 1.13. The van der Waals surface area contributed by atoms with E-state index < -0.39 is 0 Å². The quantitative estimate of drug-likeness (QED) is 0.676. The fourth-order valence-electron chi connectivity index (χ4n) is 2.02. The van der Waals surface area contributed by atoms with Gasteiger partial charge in [0.2, 0.25) is 0 Å². The van der Waals surface area contributed by atoms with Crippen LogP contribution in [0.25, 0.3) is 11.3 Å². The molecule has 0 saturated heterocycles. The lowest BCUT2D eigenvalue weighted by Gasteiger charge is -2.08. The van der Waals surface area contributed by atoms with E-state index in [1.807, 2.05) is 0 Å². The van der Waals surface area contributed by atoms with Gasteiger partial charge in [0, 0.05) is 11.3 Å². The molecule has 1 heterocycles. The van der Waals surface area contributed by atoms with Crippen molar-refractivity contribution < 1.29 is 0 Å². The summed E-state index contributed by atoms with van der Waals surface area (Å²) in [5.41, 5.74) is 8.99. The second-order valence-corrected chi connectivity index (χ2v) is 4.07. The van der Waals surface area contributed by atoms with Crippen LogP contribution >= 0.6 is 0 Å². The molecule has 2 rings (SSSR count). The van der Waals surface area contributed by atoms with Gasteiger partial charge < -0.3 is 0 Å². The maximum Gasteiger partial charge on any atom is 0.0943 e. The molecule has 0 amide bonds. The van der Waals surface area contributed by atoms with Crippen LogP contribution in [0.1, 0.15) is 27.9 Å². The maximum atomic E-state index is 4.40. The molecular formula is C12H16N2. The zero-order chi connectivity index (χ0) is 10.5. The first kappa shape index (κ1) is 9.25. The van der Waals surface area contributed by atoms with E-state index >= 15 is 0 Å². The van der Waals surface area contributed by atoms with E-state index in [1.165, 1.54) is 27.8 Å². The first-order chi connectivity index (χ1) is 6.54. The number of nitrogens with one attached hydrogen (secondary N) is 1. The van der Waals surface area contributed by atoms with Crippen LogP contribution in [0.3, 0.4) is 0 Å². The predicted molar refractivity (Wildman–Crippen MR) is 58.9 cm³/mol. The van der Waals surface area contributed by atoms with Crippen LogP contribution in [0.15, 0.2) is 0 Å². The fourth-order valence-corrected chi connectivity index (χ4v) is 2.02. The van der Waals surface area contributed by atoms with Crippen molar-refractivity contribution >= 4 is 0 Å². The maximum absolute atomic E-state index is 4.40. The minimum absolute atomic E-state index is 1.13. The fraction of sp³-hybridized carbons (Fsp3) is 0.417. The molecule has 0 spiro atoms. The van der Waals surface area contributed by atoms with Gasteiger partial charge in [0.15, 0.2) is 0 Å². The van der Waals surface area contributed by atoms with Crippen molar-refractivity contribution in [1.82, 2.24) is 10.2 Å². The predicted octanol–water partition coefficient (Wildman–Crippen LogP) is 3.06. The van der Waals surface area contributed by atoms with Gasteiger partial charge in [-0.15, -0.1) is 0 Å². The molecule has 0 radical (unpaired) electrons. The van der Waals surface area contributed by atoms with Crippen LogP contribution < -0.4 is 0 Å². The molecule has 2 nitrogen and oxygen atoms in total. The van der Waals surface area contributed by atoms with Crippen molar-refractivity contribution in [3.8, 4) is 11.3 Å². The lowest BCUT2D eigenvalue weighted by molar-refractivity contribution is 0.963. The highest BCUT2D eigenvalue weighted by Crippen LogP contribution is 2.36. The molecule has 0 fully saturated rings. The average molecular weight is 188 g/mol. The van der Waals surface area contributed by atoms with Crippen LogP contribution in [0.2, 0.25) is 0 Å². The van der Waals surface area contributed by atoms with Gasteiger partial charge in [-0.2, -0.15) is 5.10 Å².